The molecule has 0 aliphatic heterocycles. The van der Waals surface area contributed by atoms with Gasteiger partial charge in [-0.1, -0.05) is 6.92 Å². The molecule has 1 aromatic heterocycles. The second-order valence-electron chi connectivity index (χ2n) is 2.46. The van der Waals surface area contributed by atoms with Crippen molar-refractivity contribution in [3.63, 3.8) is 0 Å². The van der Waals surface area contributed by atoms with Gasteiger partial charge in [0.1, 0.15) is 0 Å². The lowest BCUT2D eigenvalue weighted by Crippen LogP contribution is -2.08. The summed E-state index contributed by atoms with van der Waals surface area (Å²) < 4.78 is 0. The molecule has 0 aromatic carbocycles. The van der Waals surface area contributed by atoms with E-state index in [1.54, 1.807) is 0 Å². The van der Waals surface area contributed by atoms with Gasteiger partial charge in [0, 0.05) is 18.3 Å². The van der Waals surface area contributed by atoms with Gasteiger partial charge in [0.25, 0.3) is 0 Å². The highest BCUT2D eigenvalue weighted by Gasteiger charge is 2.01. The Bertz CT molecular complexity index is 169. The highest BCUT2D eigenvalue weighted by molar-refractivity contribution is 5.04. The van der Waals surface area contributed by atoms with Crippen LogP contribution in [0.4, 0.5) is 0 Å². The lowest BCUT2D eigenvalue weighted by molar-refractivity contribution is 0.170. The summed E-state index contributed by atoms with van der Waals surface area (Å²) >= 11 is 0. The summed E-state index contributed by atoms with van der Waals surface area (Å²) in [6.07, 6.45) is 3.24. The normalized spacial score (nSPS) is 13.4. The molecule has 2 N–H and O–H groups in total. The van der Waals surface area contributed by atoms with Crippen LogP contribution in [0.1, 0.15) is 19.0 Å². The molecule has 1 unspecified atom stereocenters. The fraction of sp³-hybridized carbons (Fsp3) is 0.500. The van der Waals surface area contributed by atoms with E-state index in [-0.39, 0.29) is 6.10 Å². The van der Waals surface area contributed by atoms with Crippen molar-refractivity contribution in [2.75, 3.05) is 0 Å². The molecule has 0 radical (unpaired) electrons. The molecule has 2 nitrogen and oxygen atoms in total. The summed E-state index contributed by atoms with van der Waals surface area (Å²) in [7, 11) is 0. The Morgan fingerprint density at radius 2 is 2.50 bits per heavy atom. The molecule has 10 heavy (non-hydrogen) atoms. The Kier molecular flexibility index (Phi) is 2.51. The Morgan fingerprint density at radius 3 is 3.00 bits per heavy atom. The molecule has 0 bridgehead atoms. The van der Waals surface area contributed by atoms with Crippen molar-refractivity contribution in [3.05, 3.63) is 24.0 Å². The monoisotopic (exact) mass is 139 g/mol. The van der Waals surface area contributed by atoms with Crippen LogP contribution in [0.2, 0.25) is 0 Å². The van der Waals surface area contributed by atoms with Gasteiger partial charge in [0.2, 0.25) is 0 Å². The first-order valence-electron chi connectivity index (χ1n) is 3.63. The summed E-state index contributed by atoms with van der Waals surface area (Å²) in [4.78, 5) is 3.04. The highest BCUT2D eigenvalue weighted by atomic mass is 16.3. The van der Waals surface area contributed by atoms with Crippen LogP contribution in [-0.4, -0.2) is 16.2 Å². The van der Waals surface area contributed by atoms with Crippen LogP contribution in [0.3, 0.4) is 0 Å². The summed E-state index contributed by atoms with van der Waals surface area (Å²) in [5.74, 6) is 0. The number of H-pyrrole nitrogens is 1. The van der Waals surface area contributed by atoms with E-state index in [0.717, 1.165) is 18.5 Å². The number of aromatic amines is 1. The molecule has 0 fully saturated rings. The van der Waals surface area contributed by atoms with Gasteiger partial charge in [-0.05, 0) is 18.6 Å². The van der Waals surface area contributed by atoms with Crippen LogP contribution < -0.4 is 0 Å². The third-order valence-corrected chi connectivity index (χ3v) is 1.59. The number of aliphatic hydroxyl groups is 1. The average Bonchev–Trinajstić information content (AvgIpc) is 2.40. The molecule has 1 atom stereocenters. The third-order valence-electron chi connectivity index (χ3n) is 1.59. The van der Waals surface area contributed by atoms with E-state index < -0.39 is 0 Å². The molecular formula is C8H13NO. The van der Waals surface area contributed by atoms with Gasteiger partial charge in [-0.2, -0.15) is 0 Å². The lowest BCUT2D eigenvalue weighted by atomic mass is 10.1. The van der Waals surface area contributed by atoms with Crippen molar-refractivity contribution in [2.24, 2.45) is 0 Å². The molecule has 1 aromatic rings. The maximum absolute atomic E-state index is 9.21. The second-order valence-corrected chi connectivity index (χ2v) is 2.46. The van der Waals surface area contributed by atoms with Crippen LogP contribution >= 0.6 is 0 Å². The van der Waals surface area contributed by atoms with Gasteiger partial charge in [-0.3, -0.25) is 0 Å². The number of hydrogen-bond donors (Lipinski definition) is 2. The summed E-state index contributed by atoms with van der Waals surface area (Å²) in [5.41, 5.74) is 1.11. The standard InChI is InChI=1S/C8H13NO/c1-2-8(10)6-7-4-3-5-9-7/h3-5,8-10H,2,6H2,1H3. The van der Waals surface area contributed by atoms with Gasteiger partial charge in [0.15, 0.2) is 0 Å². The summed E-state index contributed by atoms with van der Waals surface area (Å²) in [5, 5.41) is 9.21. The Balaban J connectivity index is 2.40. The van der Waals surface area contributed by atoms with Crippen molar-refractivity contribution in [1.82, 2.24) is 4.98 Å². The van der Waals surface area contributed by atoms with E-state index in [1.807, 2.05) is 25.3 Å². The van der Waals surface area contributed by atoms with Crippen molar-refractivity contribution in [2.45, 2.75) is 25.9 Å². The predicted molar refractivity (Wildman–Crippen MR) is 40.8 cm³/mol. The van der Waals surface area contributed by atoms with Crippen molar-refractivity contribution in [3.8, 4) is 0 Å². The molecule has 2 heteroatoms. The third kappa shape index (κ3) is 1.88. The number of nitrogens with one attached hydrogen (secondary N) is 1. The first kappa shape index (κ1) is 7.35. The minimum Gasteiger partial charge on any atom is -0.393 e. The van der Waals surface area contributed by atoms with Gasteiger partial charge < -0.3 is 10.1 Å². The van der Waals surface area contributed by atoms with Crippen molar-refractivity contribution in [1.29, 1.82) is 0 Å². The Labute approximate surface area is 60.9 Å². The molecule has 0 aliphatic rings. The minimum absolute atomic E-state index is 0.196. The number of hydrogen-bond acceptors (Lipinski definition) is 1. The number of rotatable bonds is 3. The lowest BCUT2D eigenvalue weighted by Gasteiger charge is -2.03. The van der Waals surface area contributed by atoms with E-state index in [4.69, 9.17) is 0 Å². The average molecular weight is 139 g/mol. The van der Waals surface area contributed by atoms with Gasteiger partial charge in [-0.25, -0.2) is 0 Å². The molecule has 0 saturated carbocycles. The molecular weight excluding hydrogens is 126 g/mol. The summed E-state index contributed by atoms with van der Waals surface area (Å²) in [6.45, 7) is 1.98. The Morgan fingerprint density at radius 1 is 1.70 bits per heavy atom. The first-order valence-corrected chi connectivity index (χ1v) is 3.63. The molecule has 0 aliphatic carbocycles. The van der Waals surface area contributed by atoms with Crippen LogP contribution in [-0.2, 0) is 6.42 Å². The van der Waals surface area contributed by atoms with Crippen molar-refractivity contribution >= 4 is 0 Å². The molecule has 0 saturated heterocycles. The van der Waals surface area contributed by atoms with E-state index in [2.05, 4.69) is 4.98 Å². The van der Waals surface area contributed by atoms with Crippen molar-refractivity contribution < 1.29 is 5.11 Å². The zero-order valence-corrected chi connectivity index (χ0v) is 6.17. The largest absolute Gasteiger partial charge is 0.393 e. The Hall–Kier alpha value is -0.760. The van der Waals surface area contributed by atoms with E-state index in [1.165, 1.54) is 0 Å². The predicted octanol–water partition coefficient (Wildman–Crippen LogP) is 1.33. The van der Waals surface area contributed by atoms with Crippen LogP contribution in [0, 0.1) is 0 Å². The minimum atomic E-state index is -0.196. The van der Waals surface area contributed by atoms with Gasteiger partial charge in [-0.15, -0.1) is 0 Å². The van der Waals surface area contributed by atoms with Gasteiger partial charge in [0.05, 0.1) is 6.10 Å². The maximum atomic E-state index is 9.21. The SMILES string of the molecule is CCC(O)Cc1ccc[nH]1. The molecule has 0 amide bonds. The fourth-order valence-electron chi connectivity index (χ4n) is 0.893. The van der Waals surface area contributed by atoms with Crippen LogP contribution in [0.15, 0.2) is 18.3 Å². The first-order chi connectivity index (χ1) is 4.83. The number of aliphatic hydroxyl groups excluding tert-OH is 1. The van der Waals surface area contributed by atoms with Crippen LogP contribution in [0.25, 0.3) is 0 Å². The molecule has 56 valence electrons. The summed E-state index contributed by atoms with van der Waals surface area (Å²) in [6, 6.07) is 3.93. The van der Waals surface area contributed by atoms with Gasteiger partial charge >= 0.3 is 0 Å². The topological polar surface area (TPSA) is 36.0 Å². The highest BCUT2D eigenvalue weighted by Crippen LogP contribution is 2.01. The fourth-order valence-corrected chi connectivity index (χ4v) is 0.893. The van der Waals surface area contributed by atoms with Crippen LogP contribution in [0.5, 0.6) is 0 Å². The number of aromatic nitrogens is 1. The quantitative estimate of drug-likeness (QED) is 0.651. The smallest absolute Gasteiger partial charge is 0.0592 e. The van der Waals surface area contributed by atoms with E-state index in [0.29, 0.717) is 0 Å². The second kappa shape index (κ2) is 3.42. The molecule has 1 rings (SSSR count). The zero-order valence-electron chi connectivity index (χ0n) is 6.17. The van der Waals surface area contributed by atoms with E-state index >= 15 is 0 Å². The molecule has 1 heterocycles. The maximum Gasteiger partial charge on any atom is 0.0592 e. The van der Waals surface area contributed by atoms with E-state index in [9.17, 15) is 5.11 Å². The molecule has 0 spiro atoms. The zero-order chi connectivity index (χ0) is 7.40.